The first-order chi connectivity index (χ1) is 12.6. The fourth-order valence-electron chi connectivity index (χ4n) is 2.81. The van der Waals surface area contributed by atoms with Crippen molar-refractivity contribution >= 4 is 29.1 Å². The minimum atomic E-state index is -0.243. The van der Waals surface area contributed by atoms with E-state index in [1.165, 1.54) is 0 Å². The van der Waals surface area contributed by atoms with Gasteiger partial charge in [-0.05, 0) is 47.4 Å². The van der Waals surface area contributed by atoms with Crippen molar-refractivity contribution in [1.29, 1.82) is 0 Å². The molecular weight excluding hydrogens is 365 g/mol. The Morgan fingerprint density at radius 2 is 1.27 bits per heavy atom. The number of benzene rings is 3. The molecule has 0 radical (unpaired) electrons. The van der Waals surface area contributed by atoms with Gasteiger partial charge in [-0.2, -0.15) is 0 Å². The van der Waals surface area contributed by atoms with Crippen LogP contribution in [-0.4, -0.2) is 5.91 Å². The molecule has 132 valence electrons. The molecule has 0 aromatic heterocycles. The first kappa shape index (κ1) is 18.5. The highest BCUT2D eigenvalue weighted by molar-refractivity contribution is 6.30. The molecule has 0 unspecified atom stereocenters. The summed E-state index contributed by atoms with van der Waals surface area (Å²) in [6, 6.07) is 24.8. The number of rotatable bonds is 6. The maximum absolute atomic E-state index is 12.5. The molecule has 0 aliphatic carbocycles. The highest BCUT2D eigenvalue weighted by Gasteiger charge is 2.17. The summed E-state index contributed by atoms with van der Waals surface area (Å²) in [6.45, 7) is 0. The number of carbonyl (C=O) groups is 1. The summed E-state index contributed by atoms with van der Waals surface area (Å²) in [5, 5.41) is 4.47. The van der Waals surface area contributed by atoms with Crippen molar-refractivity contribution in [1.82, 2.24) is 5.32 Å². The van der Waals surface area contributed by atoms with E-state index in [0.29, 0.717) is 22.9 Å². The van der Waals surface area contributed by atoms with Crippen LogP contribution >= 0.6 is 23.2 Å². The molecule has 3 aromatic carbocycles. The first-order valence-corrected chi connectivity index (χ1v) is 9.21. The summed E-state index contributed by atoms with van der Waals surface area (Å²) in [7, 11) is 0. The molecular formula is C22H19Cl2NO. The van der Waals surface area contributed by atoms with Crippen molar-refractivity contribution < 1.29 is 4.79 Å². The van der Waals surface area contributed by atoms with Crippen LogP contribution in [0.1, 0.15) is 29.2 Å². The summed E-state index contributed by atoms with van der Waals surface area (Å²) >= 11 is 12.0. The Hall–Kier alpha value is -2.29. The standard InChI is InChI=1S/C22H19Cl2NO/c23-19-11-7-17(8-12-19)22(18-9-13-20(24)14-10-18)25-21(26)15-6-16-4-2-1-3-5-16/h1-5,7-14,22H,6,15H2,(H,25,26). The zero-order chi connectivity index (χ0) is 18.4. The molecule has 0 fully saturated rings. The number of nitrogens with one attached hydrogen (secondary N) is 1. The fraction of sp³-hybridized carbons (Fsp3) is 0.136. The smallest absolute Gasteiger partial charge is 0.221 e. The molecule has 0 bridgehead atoms. The first-order valence-electron chi connectivity index (χ1n) is 8.46. The van der Waals surface area contributed by atoms with Gasteiger partial charge in [0.2, 0.25) is 5.91 Å². The van der Waals surface area contributed by atoms with Gasteiger partial charge >= 0.3 is 0 Å². The third kappa shape index (κ3) is 5.10. The van der Waals surface area contributed by atoms with Crippen LogP contribution in [0.3, 0.4) is 0 Å². The maximum atomic E-state index is 12.5. The van der Waals surface area contributed by atoms with E-state index in [-0.39, 0.29) is 11.9 Å². The summed E-state index contributed by atoms with van der Waals surface area (Å²) in [5.41, 5.74) is 3.10. The molecule has 3 rings (SSSR count). The van der Waals surface area contributed by atoms with Gasteiger partial charge in [0.1, 0.15) is 0 Å². The van der Waals surface area contributed by atoms with E-state index in [4.69, 9.17) is 23.2 Å². The van der Waals surface area contributed by atoms with Crippen LogP contribution in [0.25, 0.3) is 0 Å². The lowest BCUT2D eigenvalue weighted by Gasteiger charge is -2.20. The molecule has 0 aliphatic rings. The number of hydrogen-bond acceptors (Lipinski definition) is 1. The lowest BCUT2D eigenvalue weighted by Crippen LogP contribution is -2.29. The normalized spacial score (nSPS) is 10.7. The Balaban J connectivity index is 1.75. The van der Waals surface area contributed by atoms with E-state index in [1.807, 2.05) is 78.9 Å². The Labute approximate surface area is 163 Å². The van der Waals surface area contributed by atoms with Gasteiger partial charge < -0.3 is 5.32 Å². The maximum Gasteiger partial charge on any atom is 0.221 e. The van der Waals surface area contributed by atoms with Crippen LogP contribution in [0.4, 0.5) is 0 Å². The minimum absolute atomic E-state index is 0.00348. The molecule has 0 saturated heterocycles. The summed E-state index contributed by atoms with van der Waals surface area (Å²) in [6.07, 6.45) is 1.14. The van der Waals surface area contributed by atoms with Crippen LogP contribution in [-0.2, 0) is 11.2 Å². The average Bonchev–Trinajstić information content (AvgIpc) is 2.67. The van der Waals surface area contributed by atoms with Crippen molar-refractivity contribution in [2.45, 2.75) is 18.9 Å². The molecule has 1 amide bonds. The number of hydrogen-bond donors (Lipinski definition) is 1. The van der Waals surface area contributed by atoms with Gasteiger partial charge in [-0.3, -0.25) is 4.79 Å². The zero-order valence-corrected chi connectivity index (χ0v) is 15.7. The number of amides is 1. The van der Waals surface area contributed by atoms with Crippen LogP contribution in [0, 0.1) is 0 Å². The summed E-state index contributed by atoms with van der Waals surface area (Å²) in [5.74, 6) is 0.00348. The molecule has 3 aromatic rings. The molecule has 0 aliphatic heterocycles. The van der Waals surface area contributed by atoms with Gasteiger partial charge in [0.25, 0.3) is 0 Å². The van der Waals surface area contributed by atoms with Gasteiger partial charge in [-0.25, -0.2) is 0 Å². The van der Waals surface area contributed by atoms with Gasteiger partial charge in [0.05, 0.1) is 6.04 Å². The third-order valence-electron chi connectivity index (χ3n) is 4.20. The van der Waals surface area contributed by atoms with Crippen LogP contribution in [0.2, 0.25) is 10.0 Å². The quantitative estimate of drug-likeness (QED) is 0.569. The van der Waals surface area contributed by atoms with Crippen molar-refractivity contribution in [3.63, 3.8) is 0 Å². The lowest BCUT2D eigenvalue weighted by molar-refractivity contribution is -0.121. The Morgan fingerprint density at radius 3 is 1.77 bits per heavy atom. The Bertz CT molecular complexity index is 800. The van der Waals surface area contributed by atoms with E-state index >= 15 is 0 Å². The zero-order valence-electron chi connectivity index (χ0n) is 14.2. The SMILES string of the molecule is O=C(CCc1ccccc1)NC(c1ccc(Cl)cc1)c1ccc(Cl)cc1. The second kappa shape index (κ2) is 8.88. The minimum Gasteiger partial charge on any atom is -0.345 e. The average molecular weight is 384 g/mol. The van der Waals surface area contributed by atoms with E-state index in [1.54, 1.807) is 0 Å². The molecule has 0 atom stereocenters. The van der Waals surface area contributed by atoms with Gasteiger partial charge in [0, 0.05) is 16.5 Å². The highest BCUT2D eigenvalue weighted by atomic mass is 35.5. The largest absolute Gasteiger partial charge is 0.345 e. The molecule has 0 heterocycles. The Morgan fingerprint density at radius 1 is 0.769 bits per heavy atom. The lowest BCUT2D eigenvalue weighted by atomic mass is 9.98. The topological polar surface area (TPSA) is 29.1 Å². The highest BCUT2D eigenvalue weighted by Crippen LogP contribution is 2.25. The monoisotopic (exact) mass is 383 g/mol. The summed E-state index contributed by atoms with van der Waals surface area (Å²) in [4.78, 5) is 12.5. The summed E-state index contributed by atoms with van der Waals surface area (Å²) < 4.78 is 0. The van der Waals surface area contributed by atoms with Crippen LogP contribution in [0.15, 0.2) is 78.9 Å². The third-order valence-corrected chi connectivity index (χ3v) is 4.70. The van der Waals surface area contributed by atoms with Gasteiger partial charge in [-0.1, -0.05) is 77.8 Å². The van der Waals surface area contributed by atoms with Gasteiger partial charge in [-0.15, -0.1) is 0 Å². The van der Waals surface area contributed by atoms with E-state index in [0.717, 1.165) is 16.7 Å². The molecule has 0 spiro atoms. The molecule has 0 saturated carbocycles. The van der Waals surface area contributed by atoms with Crippen molar-refractivity contribution in [3.05, 3.63) is 106 Å². The van der Waals surface area contributed by atoms with E-state index in [9.17, 15) is 4.79 Å². The van der Waals surface area contributed by atoms with E-state index in [2.05, 4.69) is 5.32 Å². The molecule has 1 N–H and O–H groups in total. The van der Waals surface area contributed by atoms with Crippen molar-refractivity contribution in [3.8, 4) is 0 Å². The number of halogens is 2. The van der Waals surface area contributed by atoms with Crippen LogP contribution in [0.5, 0.6) is 0 Å². The van der Waals surface area contributed by atoms with Crippen LogP contribution < -0.4 is 5.32 Å². The molecule has 4 heteroatoms. The molecule has 26 heavy (non-hydrogen) atoms. The second-order valence-electron chi connectivity index (χ2n) is 6.09. The number of aryl methyl sites for hydroxylation is 1. The predicted molar refractivity (Wildman–Crippen MR) is 108 cm³/mol. The molecule has 2 nitrogen and oxygen atoms in total. The Kier molecular flexibility index (Phi) is 6.32. The van der Waals surface area contributed by atoms with E-state index < -0.39 is 0 Å². The fourth-order valence-corrected chi connectivity index (χ4v) is 3.06. The predicted octanol–water partition coefficient (Wildman–Crippen LogP) is 5.83. The second-order valence-corrected chi connectivity index (χ2v) is 6.96. The number of carbonyl (C=O) groups excluding carboxylic acids is 1. The van der Waals surface area contributed by atoms with Gasteiger partial charge in [0.15, 0.2) is 0 Å². The van der Waals surface area contributed by atoms with Crippen molar-refractivity contribution in [2.75, 3.05) is 0 Å². The van der Waals surface area contributed by atoms with Crippen molar-refractivity contribution in [2.24, 2.45) is 0 Å².